The Balaban J connectivity index is 4.03. The van der Waals surface area contributed by atoms with E-state index in [0.29, 0.717) is 5.54 Å². The lowest BCUT2D eigenvalue weighted by Crippen LogP contribution is -2.00. The number of hydrogen-bond donors (Lipinski definition) is 0. The number of halogens is 5. The van der Waals surface area contributed by atoms with Crippen LogP contribution in [-0.2, 0) is 0 Å². The van der Waals surface area contributed by atoms with Gasteiger partial charge in [-0.25, -0.2) is 4.39 Å². The maximum absolute atomic E-state index is 12.0. The van der Waals surface area contributed by atoms with Gasteiger partial charge in [0.05, 0.1) is 0 Å². The van der Waals surface area contributed by atoms with Crippen molar-refractivity contribution in [1.29, 1.82) is 0 Å². The second-order valence-electron chi connectivity index (χ2n) is 0.955. The second-order valence-corrected chi connectivity index (χ2v) is 3.45. The van der Waals surface area contributed by atoms with E-state index in [-0.39, 0.29) is 0 Å². The summed E-state index contributed by atoms with van der Waals surface area (Å²) in [5, 5.41) is 0. The van der Waals surface area contributed by atoms with Gasteiger partial charge in [0.1, 0.15) is 0 Å². The zero-order valence-corrected chi connectivity index (χ0v) is 6.49. The average Bonchev–Trinajstić information content (AvgIpc) is 1.62. The van der Waals surface area contributed by atoms with Crippen LogP contribution in [0, 0.1) is 0 Å². The third kappa shape index (κ3) is 2.98. The molecule has 0 heterocycles. The molecule has 48 valence electrons. The summed E-state index contributed by atoms with van der Waals surface area (Å²) in [5.41, 5.74) is 0.576. The molecular formula is C3HCl4F. The van der Waals surface area contributed by atoms with Crippen LogP contribution in [0.15, 0.2) is 11.4 Å². The standard InChI is InChI=1S/C3HCl4F/c4-1-2(8)3(5,6)7/h1H/b2-1-. The lowest BCUT2D eigenvalue weighted by Gasteiger charge is -2.04. The molecule has 0 fully saturated rings. The van der Waals surface area contributed by atoms with E-state index in [1.165, 1.54) is 0 Å². The van der Waals surface area contributed by atoms with E-state index in [1.54, 1.807) is 0 Å². The van der Waals surface area contributed by atoms with Gasteiger partial charge in [0, 0.05) is 5.54 Å². The molecule has 0 aliphatic carbocycles. The Hall–Kier alpha value is 0.830. The van der Waals surface area contributed by atoms with Crippen molar-refractivity contribution in [2.24, 2.45) is 0 Å². The van der Waals surface area contributed by atoms with E-state index in [0.717, 1.165) is 0 Å². The molecular weight excluding hydrogens is 197 g/mol. The maximum atomic E-state index is 12.0. The number of hydrogen-bond acceptors (Lipinski definition) is 0. The predicted molar refractivity (Wildman–Crippen MR) is 35.3 cm³/mol. The maximum Gasteiger partial charge on any atom is 0.242 e. The molecule has 0 rings (SSSR count). The van der Waals surface area contributed by atoms with Gasteiger partial charge in [-0.05, 0) is 0 Å². The van der Waals surface area contributed by atoms with Gasteiger partial charge in [0.2, 0.25) is 3.79 Å². The number of rotatable bonds is 0. The van der Waals surface area contributed by atoms with Crippen molar-refractivity contribution < 1.29 is 4.39 Å². The summed E-state index contributed by atoms with van der Waals surface area (Å²) in [6.07, 6.45) is 0. The molecule has 0 aliphatic heterocycles. The van der Waals surface area contributed by atoms with Crippen molar-refractivity contribution >= 4 is 46.4 Å². The molecule has 0 aromatic carbocycles. The topological polar surface area (TPSA) is 0 Å². The van der Waals surface area contributed by atoms with Crippen LogP contribution in [0.3, 0.4) is 0 Å². The van der Waals surface area contributed by atoms with Gasteiger partial charge in [-0.1, -0.05) is 46.4 Å². The normalized spacial score (nSPS) is 14.4. The smallest absolute Gasteiger partial charge is 0.206 e. The van der Waals surface area contributed by atoms with E-state index in [4.69, 9.17) is 46.4 Å². The Morgan fingerprint density at radius 1 is 1.38 bits per heavy atom. The Kier molecular flexibility index (Phi) is 3.44. The van der Waals surface area contributed by atoms with Crippen LogP contribution in [0.2, 0.25) is 0 Å². The monoisotopic (exact) mass is 196 g/mol. The van der Waals surface area contributed by atoms with Crippen LogP contribution < -0.4 is 0 Å². The molecule has 0 radical (unpaired) electrons. The molecule has 0 amide bonds. The highest BCUT2D eigenvalue weighted by Crippen LogP contribution is 2.35. The van der Waals surface area contributed by atoms with E-state index in [9.17, 15) is 4.39 Å². The third-order valence-corrected chi connectivity index (χ3v) is 1.10. The van der Waals surface area contributed by atoms with E-state index in [2.05, 4.69) is 0 Å². The van der Waals surface area contributed by atoms with Crippen molar-refractivity contribution in [3.8, 4) is 0 Å². The molecule has 0 aliphatic rings. The van der Waals surface area contributed by atoms with Crippen LogP contribution in [-0.4, -0.2) is 3.79 Å². The molecule has 0 N–H and O–H groups in total. The van der Waals surface area contributed by atoms with Crippen LogP contribution in [0.5, 0.6) is 0 Å². The van der Waals surface area contributed by atoms with Crippen LogP contribution in [0.25, 0.3) is 0 Å². The second kappa shape index (κ2) is 3.11. The van der Waals surface area contributed by atoms with Gasteiger partial charge in [-0.2, -0.15) is 0 Å². The first-order valence-electron chi connectivity index (χ1n) is 1.51. The quantitative estimate of drug-likeness (QED) is 0.523. The molecule has 0 saturated heterocycles. The van der Waals surface area contributed by atoms with Gasteiger partial charge >= 0.3 is 0 Å². The summed E-state index contributed by atoms with van der Waals surface area (Å²) in [5.74, 6) is -0.982. The lowest BCUT2D eigenvalue weighted by atomic mass is 10.7. The fourth-order valence-electron chi connectivity index (χ4n) is 0.0619. The van der Waals surface area contributed by atoms with Gasteiger partial charge in [-0.3, -0.25) is 0 Å². The zero-order valence-electron chi connectivity index (χ0n) is 3.47. The van der Waals surface area contributed by atoms with E-state index >= 15 is 0 Å². The van der Waals surface area contributed by atoms with Gasteiger partial charge < -0.3 is 0 Å². The van der Waals surface area contributed by atoms with Crippen molar-refractivity contribution in [2.45, 2.75) is 3.79 Å². The molecule has 8 heavy (non-hydrogen) atoms. The SMILES string of the molecule is F/C(=C\Cl)C(Cl)(Cl)Cl. The third-order valence-electron chi connectivity index (χ3n) is 0.367. The highest BCUT2D eigenvalue weighted by Gasteiger charge is 2.25. The fourth-order valence-corrected chi connectivity index (χ4v) is 0.557. The van der Waals surface area contributed by atoms with Crippen molar-refractivity contribution in [3.05, 3.63) is 11.4 Å². The summed E-state index contributed by atoms with van der Waals surface area (Å²) < 4.78 is 9.96. The zero-order chi connectivity index (χ0) is 6.78. The minimum atomic E-state index is -2.01. The van der Waals surface area contributed by atoms with Crippen LogP contribution in [0.4, 0.5) is 4.39 Å². The van der Waals surface area contributed by atoms with Crippen molar-refractivity contribution in [2.75, 3.05) is 0 Å². The van der Waals surface area contributed by atoms with Gasteiger partial charge in [-0.15, -0.1) is 0 Å². The Morgan fingerprint density at radius 2 is 1.75 bits per heavy atom. The van der Waals surface area contributed by atoms with E-state index in [1.807, 2.05) is 0 Å². The molecule has 5 heteroatoms. The number of alkyl halides is 3. The molecule has 0 spiro atoms. The van der Waals surface area contributed by atoms with Crippen molar-refractivity contribution in [3.63, 3.8) is 0 Å². The first kappa shape index (κ1) is 8.83. The minimum absolute atomic E-state index is 0.576. The first-order chi connectivity index (χ1) is 3.48. The summed E-state index contributed by atoms with van der Waals surface area (Å²) in [4.78, 5) is 0. The molecule has 0 atom stereocenters. The fraction of sp³-hybridized carbons (Fsp3) is 0.333. The molecule has 0 saturated carbocycles. The summed E-state index contributed by atoms with van der Waals surface area (Å²) in [6, 6.07) is 0. The van der Waals surface area contributed by atoms with E-state index < -0.39 is 9.62 Å². The summed E-state index contributed by atoms with van der Waals surface area (Å²) >= 11 is 19.8. The molecule has 0 unspecified atom stereocenters. The Morgan fingerprint density at radius 3 is 1.75 bits per heavy atom. The minimum Gasteiger partial charge on any atom is -0.206 e. The summed E-state index contributed by atoms with van der Waals surface area (Å²) in [7, 11) is 0. The highest BCUT2D eigenvalue weighted by atomic mass is 35.6. The first-order valence-corrected chi connectivity index (χ1v) is 3.08. The van der Waals surface area contributed by atoms with Crippen molar-refractivity contribution in [1.82, 2.24) is 0 Å². The molecule has 0 aromatic heterocycles. The lowest BCUT2D eigenvalue weighted by molar-refractivity contribution is 0.622. The highest BCUT2D eigenvalue weighted by molar-refractivity contribution is 6.69. The van der Waals surface area contributed by atoms with Gasteiger partial charge in [0.25, 0.3) is 0 Å². The molecule has 0 bridgehead atoms. The summed E-state index contributed by atoms with van der Waals surface area (Å²) in [6.45, 7) is 0. The Bertz CT molecular complexity index is 102. The Labute approximate surface area is 66.2 Å². The molecule has 0 nitrogen and oxygen atoms in total. The van der Waals surface area contributed by atoms with Crippen LogP contribution in [0.1, 0.15) is 0 Å². The molecule has 0 aromatic rings. The van der Waals surface area contributed by atoms with Gasteiger partial charge in [0.15, 0.2) is 5.83 Å². The predicted octanol–water partition coefficient (Wildman–Crippen LogP) is 3.41. The number of allylic oxidation sites excluding steroid dienone is 1. The van der Waals surface area contributed by atoms with Crippen LogP contribution >= 0.6 is 46.4 Å². The average molecular weight is 198 g/mol. The largest absolute Gasteiger partial charge is 0.242 e.